The number of carbonyl (C=O) groups excluding carboxylic acids is 2. The van der Waals surface area contributed by atoms with E-state index in [9.17, 15) is 9.59 Å². The Hall–Kier alpha value is -3.15. The first-order valence-corrected chi connectivity index (χ1v) is 8.65. The van der Waals surface area contributed by atoms with Crippen molar-refractivity contribution in [3.05, 3.63) is 53.3 Å². The Kier molecular flexibility index (Phi) is 3.76. The fraction of sp³-hybridized carbons (Fsp3) is 0.250. The molecule has 6 nitrogen and oxygen atoms in total. The Labute approximate surface area is 151 Å². The Morgan fingerprint density at radius 2 is 2.04 bits per heavy atom. The lowest BCUT2D eigenvalue weighted by atomic mass is 10.1. The molecule has 0 fully saturated rings. The smallest absolute Gasteiger partial charge is 0.251 e. The molecule has 1 aliphatic rings. The number of hydrogen-bond acceptors (Lipinski definition) is 3. The molecule has 3 aromatic rings. The van der Waals surface area contributed by atoms with Gasteiger partial charge in [-0.2, -0.15) is 0 Å². The van der Waals surface area contributed by atoms with E-state index in [1.165, 1.54) is 0 Å². The number of rotatable bonds is 3. The van der Waals surface area contributed by atoms with E-state index in [-0.39, 0.29) is 17.7 Å². The summed E-state index contributed by atoms with van der Waals surface area (Å²) in [4.78, 5) is 28.3. The molecule has 6 heteroatoms. The summed E-state index contributed by atoms with van der Waals surface area (Å²) in [5.74, 6) is 1.01. The number of imidazole rings is 1. The van der Waals surface area contributed by atoms with Crippen molar-refractivity contribution in [2.24, 2.45) is 0 Å². The molecule has 2 heterocycles. The summed E-state index contributed by atoms with van der Waals surface area (Å²) in [6.45, 7) is 4.18. The van der Waals surface area contributed by atoms with Gasteiger partial charge in [-0.25, -0.2) is 4.98 Å². The van der Waals surface area contributed by atoms with Crippen molar-refractivity contribution in [1.29, 1.82) is 0 Å². The van der Waals surface area contributed by atoms with Gasteiger partial charge < -0.3 is 10.6 Å². The summed E-state index contributed by atoms with van der Waals surface area (Å²) in [6, 6.07) is 11.5. The van der Waals surface area contributed by atoms with Crippen LogP contribution >= 0.6 is 0 Å². The van der Waals surface area contributed by atoms with Crippen LogP contribution in [0.5, 0.6) is 0 Å². The lowest BCUT2D eigenvalue weighted by molar-refractivity contribution is -0.115. The number of anilines is 1. The average Bonchev–Trinajstić information content (AvgIpc) is 3.19. The van der Waals surface area contributed by atoms with Crippen molar-refractivity contribution < 1.29 is 9.59 Å². The van der Waals surface area contributed by atoms with Crippen LogP contribution in [0.2, 0.25) is 0 Å². The maximum Gasteiger partial charge on any atom is 0.251 e. The summed E-state index contributed by atoms with van der Waals surface area (Å²) in [5.41, 5.74) is 5.11. The van der Waals surface area contributed by atoms with Gasteiger partial charge in [0, 0.05) is 29.9 Å². The minimum absolute atomic E-state index is 0.0203. The zero-order valence-electron chi connectivity index (χ0n) is 15.0. The van der Waals surface area contributed by atoms with Crippen LogP contribution in [-0.4, -0.2) is 28.4 Å². The van der Waals surface area contributed by atoms with Crippen LogP contribution in [0.4, 0.5) is 5.69 Å². The number of aromatic nitrogens is 2. The maximum absolute atomic E-state index is 11.9. The third-order valence-corrected chi connectivity index (χ3v) is 4.66. The van der Waals surface area contributed by atoms with E-state index in [4.69, 9.17) is 4.98 Å². The van der Waals surface area contributed by atoms with E-state index in [2.05, 4.69) is 29.0 Å². The van der Waals surface area contributed by atoms with Gasteiger partial charge in [0.15, 0.2) is 0 Å². The number of carbonyl (C=O) groups is 2. The second kappa shape index (κ2) is 5.98. The predicted octanol–water partition coefficient (Wildman–Crippen LogP) is 3.00. The van der Waals surface area contributed by atoms with Crippen LogP contribution in [0.25, 0.3) is 16.7 Å². The maximum atomic E-state index is 11.9. The average molecular weight is 348 g/mol. The highest BCUT2D eigenvalue weighted by atomic mass is 16.2. The number of amides is 2. The zero-order valence-corrected chi connectivity index (χ0v) is 15.0. The van der Waals surface area contributed by atoms with Crippen LogP contribution in [0.3, 0.4) is 0 Å². The lowest BCUT2D eigenvalue weighted by Gasteiger charge is -2.13. The minimum atomic E-state index is -0.132. The first-order valence-electron chi connectivity index (χ1n) is 8.65. The van der Waals surface area contributed by atoms with Gasteiger partial charge in [-0.05, 0) is 35.9 Å². The highest BCUT2D eigenvalue weighted by Gasteiger charge is 2.21. The fourth-order valence-corrected chi connectivity index (χ4v) is 3.38. The van der Waals surface area contributed by atoms with E-state index < -0.39 is 0 Å². The first-order chi connectivity index (χ1) is 12.5. The third-order valence-electron chi connectivity index (χ3n) is 4.66. The number of nitrogens with zero attached hydrogens (tertiary/aromatic N) is 2. The molecular formula is C20H20N4O2. The van der Waals surface area contributed by atoms with Crippen molar-refractivity contribution in [3.8, 4) is 5.69 Å². The van der Waals surface area contributed by atoms with E-state index >= 15 is 0 Å². The molecule has 0 aliphatic carbocycles. The molecule has 2 N–H and O–H groups in total. The number of benzene rings is 2. The number of fused-ring (bicyclic) bond motifs is 2. The Balaban J connectivity index is 1.91. The van der Waals surface area contributed by atoms with Crippen molar-refractivity contribution in [2.45, 2.75) is 26.2 Å². The summed E-state index contributed by atoms with van der Waals surface area (Å²) < 4.78 is 2.10. The normalized spacial score (nSPS) is 13.2. The van der Waals surface area contributed by atoms with Gasteiger partial charge in [0.1, 0.15) is 5.82 Å². The standard InChI is InChI=1S/C20H20N4O2/c1-11(2)19-23-16-8-13(20(26)21-3)5-7-17(16)24(19)14-6-4-12-9-18(25)22-15(12)10-14/h4-8,10-11H,9H2,1-3H3,(H,21,26)(H,22,25). The number of hydrogen-bond donors (Lipinski definition) is 2. The molecule has 2 aromatic carbocycles. The van der Waals surface area contributed by atoms with E-state index in [1.54, 1.807) is 13.1 Å². The Morgan fingerprint density at radius 1 is 1.23 bits per heavy atom. The van der Waals surface area contributed by atoms with E-state index in [1.807, 2.05) is 30.3 Å². The quantitative estimate of drug-likeness (QED) is 0.764. The highest BCUT2D eigenvalue weighted by Crippen LogP contribution is 2.31. The predicted molar refractivity (Wildman–Crippen MR) is 101 cm³/mol. The molecule has 0 unspecified atom stereocenters. The molecule has 1 aliphatic heterocycles. The van der Waals surface area contributed by atoms with Gasteiger partial charge in [-0.3, -0.25) is 14.2 Å². The van der Waals surface area contributed by atoms with E-state index in [0.717, 1.165) is 33.8 Å². The van der Waals surface area contributed by atoms with Crippen molar-refractivity contribution in [2.75, 3.05) is 12.4 Å². The van der Waals surface area contributed by atoms with Gasteiger partial charge in [-0.15, -0.1) is 0 Å². The largest absolute Gasteiger partial charge is 0.355 e. The summed E-state index contributed by atoms with van der Waals surface area (Å²) in [7, 11) is 1.61. The van der Waals surface area contributed by atoms with Gasteiger partial charge in [0.2, 0.25) is 5.91 Å². The number of nitrogens with one attached hydrogen (secondary N) is 2. The monoisotopic (exact) mass is 348 g/mol. The van der Waals surface area contributed by atoms with Gasteiger partial charge in [0.25, 0.3) is 5.91 Å². The third kappa shape index (κ3) is 2.54. The van der Waals surface area contributed by atoms with Gasteiger partial charge in [-0.1, -0.05) is 19.9 Å². The molecule has 0 atom stereocenters. The van der Waals surface area contributed by atoms with Crippen LogP contribution in [0, 0.1) is 0 Å². The summed E-state index contributed by atoms with van der Waals surface area (Å²) in [6.07, 6.45) is 0.423. The van der Waals surface area contributed by atoms with Crippen LogP contribution in [-0.2, 0) is 11.2 Å². The molecule has 2 amide bonds. The van der Waals surface area contributed by atoms with Gasteiger partial charge >= 0.3 is 0 Å². The molecule has 1 aromatic heterocycles. The highest BCUT2D eigenvalue weighted by molar-refractivity contribution is 6.00. The van der Waals surface area contributed by atoms with Gasteiger partial charge in [0.05, 0.1) is 17.5 Å². The van der Waals surface area contributed by atoms with Crippen molar-refractivity contribution >= 4 is 28.5 Å². The fourth-order valence-electron chi connectivity index (χ4n) is 3.38. The SMILES string of the molecule is CNC(=O)c1ccc2c(c1)nc(C(C)C)n2-c1ccc2c(c1)NC(=O)C2. The van der Waals surface area contributed by atoms with E-state index in [0.29, 0.717) is 12.0 Å². The molecule has 0 radical (unpaired) electrons. The molecule has 0 saturated carbocycles. The molecule has 26 heavy (non-hydrogen) atoms. The van der Waals surface area contributed by atoms with Crippen LogP contribution < -0.4 is 10.6 Å². The molecule has 0 bridgehead atoms. The van der Waals surface area contributed by atoms with Crippen LogP contribution in [0.15, 0.2) is 36.4 Å². The second-order valence-corrected chi connectivity index (χ2v) is 6.81. The Bertz CT molecular complexity index is 1050. The second-order valence-electron chi connectivity index (χ2n) is 6.81. The summed E-state index contributed by atoms with van der Waals surface area (Å²) in [5, 5.41) is 5.54. The molecule has 0 spiro atoms. The minimum Gasteiger partial charge on any atom is -0.355 e. The lowest BCUT2D eigenvalue weighted by Crippen LogP contribution is -2.17. The first kappa shape index (κ1) is 16.3. The molecule has 132 valence electrons. The molecular weight excluding hydrogens is 328 g/mol. The van der Waals surface area contributed by atoms with Crippen molar-refractivity contribution in [1.82, 2.24) is 14.9 Å². The summed E-state index contributed by atoms with van der Waals surface area (Å²) >= 11 is 0. The molecule has 0 saturated heterocycles. The Morgan fingerprint density at radius 3 is 2.77 bits per heavy atom. The van der Waals surface area contributed by atoms with Crippen LogP contribution in [0.1, 0.15) is 41.5 Å². The zero-order chi connectivity index (χ0) is 18.4. The molecule has 4 rings (SSSR count). The van der Waals surface area contributed by atoms with Crippen molar-refractivity contribution in [3.63, 3.8) is 0 Å². The topological polar surface area (TPSA) is 76.0 Å².